The van der Waals surface area contributed by atoms with Gasteiger partial charge in [0, 0.05) is 30.4 Å². The number of likely N-dealkylation sites (tertiary alicyclic amines) is 1. The molecule has 1 saturated heterocycles. The second-order valence-electron chi connectivity index (χ2n) is 7.55. The highest BCUT2D eigenvalue weighted by molar-refractivity contribution is 5.94. The third-order valence-corrected chi connectivity index (χ3v) is 5.59. The Kier molecular flexibility index (Phi) is 3.14. The second-order valence-corrected chi connectivity index (χ2v) is 7.55. The number of hydrogen-bond acceptors (Lipinski definition) is 3. The van der Waals surface area contributed by atoms with Gasteiger partial charge >= 0.3 is 0 Å². The Morgan fingerprint density at radius 1 is 1.48 bits per heavy atom. The van der Waals surface area contributed by atoms with Crippen LogP contribution < -0.4 is 0 Å². The fourth-order valence-electron chi connectivity index (χ4n) is 4.44. The van der Waals surface area contributed by atoms with Crippen LogP contribution in [0.25, 0.3) is 0 Å². The zero-order valence-corrected chi connectivity index (χ0v) is 13.3. The van der Waals surface area contributed by atoms with Crippen LogP contribution >= 0.6 is 0 Å². The van der Waals surface area contributed by atoms with Crippen LogP contribution in [0.5, 0.6) is 0 Å². The topological polar surface area (TPSA) is 53.4 Å². The molecule has 4 heteroatoms. The number of hydrogen-bond donors (Lipinski definition) is 1. The molecular weight excluding hydrogens is 264 g/mol. The molecule has 0 bridgehead atoms. The Balaban J connectivity index is 1.82. The van der Waals surface area contributed by atoms with Crippen molar-refractivity contribution in [1.29, 1.82) is 0 Å². The van der Waals surface area contributed by atoms with Crippen molar-refractivity contribution in [2.45, 2.75) is 34.1 Å². The third kappa shape index (κ3) is 2.08. The van der Waals surface area contributed by atoms with Crippen molar-refractivity contribution < 1.29 is 9.90 Å². The van der Waals surface area contributed by atoms with Crippen LogP contribution in [0.15, 0.2) is 12.3 Å². The summed E-state index contributed by atoms with van der Waals surface area (Å²) in [5.41, 5.74) is 2.80. The molecule has 0 radical (unpaired) electrons. The van der Waals surface area contributed by atoms with Crippen LogP contribution in [0.2, 0.25) is 0 Å². The van der Waals surface area contributed by atoms with Gasteiger partial charge < -0.3 is 10.0 Å². The maximum atomic E-state index is 12.7. The lowest BCUT2D eigenvalue weighted by molar-refractivity contribution is -0.0977. The molecule has 1 N–H and O–H groups in total. The van der Waals surface area contributed by atoms with Gasteiger partial charge in [0.25, 0.3) is 5.91 Å². The minimum Gasteiger partial charge on any atom is -0.396 e. The monoisotopic (exact) mass is 288 g/mol. The molecule has 21 heavy (non-hydrogen) atoms. The number of carbonyl (C=O) groups excluding carboxylic acids is 1. The highest BCUT2D eigenvalue weighted by Gasteiger charge is 2.63. The minimum absolute atomic E-state index is 0.0450. The van der Waals surface area contributed by atoms with Gasteiger partial charge in [0.2, 0.25) is 0 Å². The normalized spacial score (nSPS) is 30.0. The maximum absolute atomic E-state index is 12.7. The first-order valence-corrected chi connectivity index (χ1v) is 7.62. The van der Waals surface area contributed by atoms with Gasteiger partial charge in [-0.25, -0.2) is 0 Å². The molecule has 1 aliphatic carbocycles. The van der Waals surface area contributed by atoms with Gasteiger partial charge in [-0.1, -0.05) is 13.8 Å². The van der Waals surface area contributed by atoms with Crippen LogP contribution in [0.3, 0.4) is 0 Å². The molecule has 114 valence electrons. The van der Waals surface area contributed by atoms with Crippen molar-refractivity contribution >= 4 is 5.91 Å². The number of amides is 1. The van der Waals surface area contributed by atoms with Gasteiger partial charge in [-0.2, -0.15) is 0 Å². The van der Waals surface area contributed by atoms with Gasteiger partial charge in [0.1, 0.15) is 0 Å². The molecular formula is C17H24N2O2. The third-order valence-electron chi connectivity index (χ3n) is 5.59. The minimum atomic E-state index is -0.0771. The number of aromatic nitrogens is 1. The van der Waals surface area contributed by atoms with E-state index in [9.17, 15) is 9.90 Å². The van der Waals surface area contributed by atoms with Crippen molar-refractivity contribution in [2.75, 3.05) is 19.7 Å². The molecule has 0 unspecified atom stereocenters. The number of carbonyl (C=O) groups is 1. The Hall–Kier alpha value is -1.42. The lowest BCUT2D eigenvalue weighted by atomic mass is 9.48. The van der Waals surface area contributed by atoms with Crippen molar-refractivity contribution in [2.24, 2.45) is 16.7 Å². The van der Waals surface area contributed by atoms with E-state index in [1.54, 1.807) is 6.20 Å². The van der Waals surface area contributed by atoms with Crippen LogP contribution in [0, 0.1) is 30.6 Å². The molecule has 3 rings (SSSR count). The summed E-state index contributed by atoms with van der Waals surface area (Å²) in [7, 11) is 0. The number of nitrogens with zero attached hydrogens (tertiary/aromatic N) is 2. The highest BCUT2D eigenvalue weighted by Crippen LogP contribution is 2.62. The first-order chi connectivity index (χ1) is 9.79. The average molecular weight is 288 g/mol. The molecule has 0 spiro atoms. The largest absolute Gasteiger partial charge is 0.396 e. The zero-order valence-electron chi connectivity index (χ0n) is 13.3. The SMILES string of the molecule is Cc1cc(C(=O)N2C[C@@H]3C(C)(C)C[C@]3(CO)C2)cnc1C. The number of fused-ring (bicyclic) bond motifs is 1. The molecule has 1 saturated carbocycles. The summed E-state index contributed by atoms with van der Waals surface area (Å²) in [6, 6.07) is 1.92. The van der Waals surface area contributed by atoms with E-state index in [4.69, 9.17) is 0 Å². The van der Waals surface area contributed by atoms with E-state index in [0.29, 0.717) is 18.0 Å². The standard InChI is InChI=1S/C17H24N2O2/c1-11-5-13(6-18-12(11)2)15(21)19-7-14-16(3,4)8-17(14,9-19)10-20/h5-6,14,20H,7-10H2,1-4H3/t14-,17-/m1/s1. The predicted octanol–water partition coefficient (Wildman–Crippen LogP) is 2.18. The fraction of sp³-hybridized carbons (Fsp3) is 0.647. The zero-order chi connectivity index (χ0) is 15.4. The number of aliphatic hydroxyl groups is 1. The van der Waals surface area contributed by atoms with E-state index in [1.165, 1.54) is 0 Å². The molecule has 1 aromatic heterocycles. The Bertz CT molecular complexity index is 596. The smallest absolute Gasteiger partial charge is 0.255 e. The number of aryl methyl sites for hydroxylation is 2. The van der Waals surface area contributed by atoms with Gasteiger partial charge in [-0.3, -0.25) is 9.78 Å². The summed E-state index contributed by atoms with van der Waals surface area (Å²) in [6.07, 6.45) is 2.66. The van der Waals surface area contributed by atoms with Gasteiger partial charge in [-0.15, -0.1) is 0 Å². The van der Waals surface area contributed by atoms with Crippen LogP contribution in [-0.2, 0) is 0 Å². The van der Waals surface area contributed by atoms with Crippen LogP contribution in [-0.4, -0.2) is 40.6 Å². The molecule has 1 amide bonds. The average Bonchev–Trinajstić information content (AvgIpc) is 2.76. The summed E-state index contributed by atoms with van der Waals surface area (Å²) < 4.78 is 0. The molecule has 0 aromatic carbocycles. The van der Waals surface area contributed by atoms with E-state index in [-0.39, 0.29) is 23.3 Å². The maximum Gasteiger partial charge on any atom is 0.255 e. The summed E-state index contributed by atoms with van der Waals surface area (Å²) in [4.78, 5) is 18.9. The Labute approximate surface area is 126 Å². The molecule has 2 aliphatic rings. The summed E-state index contributed by atoms with van der Waals surface area (Å²) >= 11 is 0. The first-order valence-electron chi connectivity index (χ1n) is 7.62. The predicted molar refractivity (Wildman–Crippen MR) is 81.0 cm³/mol. The lowest BCUT2D eigenvalue weighted by Crippen LogP contribution is -2.54. The van der Waals surface area contributed by atoms with Gasteiger partial charge in [-0.05, 0) is 43.2 Å². The highest BCUT2D eigenvalue weighted by atomic mass is 16.3. The Morgan fingerprint density at radius 2 is 2.19 bits per heavy atom. The molecule has 2 heterocycles. The Morgan fingerprint density at radius 3 is 2.71 bits per heavy atom. The fourth-order valence-corrected chi connectivity index (χ4v) is 4.44. The summed E-state index contributed by atoms with van der Waals surface area (Å²) in [5, 5.41) is 9.78. The molecule has 2 atom stereocenters. The molecule has 1 aliphatic heterocycles. The number of rotatable bonds is 2. The van der Waals surface area contributed by atoms with Crippen LogP contribution in [0.1, 0.15) is 41.9 Å². The molecule has 4 nitrogen and oxygen atoms in total. The lowest BCUT2D eigenvalue weighted by Gasteiger charge is -2.55. The first kappa shape index (κ1) is 14.5. The van der Waals surface area contributed by atoms with Gasteiger partial charge in [0.15, 0.2) is 0 Å². The van der Waals surface area contributed by atoms with E-state index in [2.05, 4.69) is 18.8 Å². The van der Waals surface area contributed by atoms with Crippen LogP contribution in [0.4, 0.5) is 0 Å². The quantitative estimate of drug-likeness (QED) is 0.907. The molecule has 1 aromatic rings. The van der Waals surface area contributed by atoms with E-state index in [1.807, 2.05) is 24.8 Å². The van der Waals surface area contributed by atoms with Gasteiger partial charge in [0.05, 0.1) is 12.2 Å². The summed E-state index contributed by atoms with van der Waals surface area (Å²) in [6.45, 7) is 9.99. The molecule has 2 fully saturated rings. The van der Waals surface area contributed by atoms with Crippen molar-refractivity contribution in [3.8, 4) is 0 Å². The van der Waals surface area contributed by atoms with Crippen molar-refractivity contribution in [3.63, 3.8) is 0 Å². The van der Waals surface area contributed by atoms with E-state index in [0.717, 1.165) is 24.2 Å². The second kappa shape index (κ2) is 4.54. The van der Waals surface area contributed by atoms with Crippen molar-refractivity contribution in [1.82, 2.24) is 9.88 Å². The number of pyridine rings is 1. The summed E-state index contributed by atoms with van der Waals surface area (Å²) in [5.74, 6) is 0.446. The van der Waals surface area contributed by atoms with Crippen molar-refractivity contribution in [3.05, 3.63) is 29.1 Å². The number of aliphatic hydroxyl groups excluding tert-OH is 1. The van der Waals surface area contributed by atoms with E-state index < -0.39 is 0 Å². The van der Waals surface area contributed by atoms with E-state index >= 15 is 0 Å².